The van der Waals surface area contributed by atoms with E-state index in [2.05, 4.69) is 36.6 Å². The molecule has 3 aromatic carbocycles. The zero-order valence-electron chi connectivity index (χ0n) is 27.9. The summed E-state index contributed by atoms with van der Waals surface area (Å²) in [7, 11) is 0. The molecule has 0 N–H and O–H groups in total. The van der Waals surface area contributed by atoms with E-state index in [1.54, 1.807) is 0 Å². The number of aromatic nitrogens is 1. The molecule has 0 saturated heterocycles. The van der Waals surface area contributed by atoms with Crippen LogP contribution >= 0.6 is 11.3 Å². The van der Waals surface area contributed by atoms with E-state index in [4.69, 9.17) is 14.3 Å². The molecule has 246 valence electrons. The zero-order valence-corrected chi connectivity index (χ0v) is 28.7. The lowest BCUT2D eigenvalue weighted by Crippen LogP contribution is -2.38. The van der Waals surface area contributed by atoms with Gasteiger partial charge in [0.15, 0.2) is 0 Å². The second-order valence-corrected chi connectivity index (χ2v) is 12.6. The number of hydrogen-bond acceptors (Lipinski definition) is 7. The molecule has 5 aromatic rings. The van der Waals surface area contributed by atoms with Crippen LogP contribution in [0.25, 0.3) is 37.5 Å². The molecule has 1 amide bonds. The van der Waals surface area contributed by atoms with Crippen LogP contribution in [0.2, 0.25) is 0 Å². The number of rotatable bonds is 13. The lowest BCUT2D eigenvalue weighted by atomic mass is 9.91. The number of hydroxylamine groups is 2. The van der Waals surface area contributed by atoms with Gasteiger partial charge < -0.3 is 18.9 Å². The van der Waals surface area contributed by atoms with Crippen molar-refractivity contribution in [3.8, 4) is 0 Å². The summed E-state index contributed by atoms with van der Waals surface area (Å²) in [5, 5.41) is 4.24. The monoisotopic (exact) mass is 654 g/mol. The highest BCUT2D eigenvalue weighted by atomic mass is 32.1. The van der Waals surface area contributed by atoms with Gasteiger partial charge in [-0.25, -0.2) is 0 Å². The van der Waals surface area contributed by atoms with Crippen LogP contribution < -0.4 is 0 Å². The molecule has 5 rings (SSSR count). The van der Waals surface area contributed by atoms with E-state index >= 15 is 0 Å². The summed E-state index contributed by atoms with van der Waals surface area (Å²) in [5.74, 6) is -0.899. The number of fused-ring (bicyclic) bond motifs is 4. The molecule has 47 heavy (non-hydrogen) atoms. The van der Waals surface area contributed by atoms with Gasteiger partial charge in [0.25, 0.3) is 5.91 Å². The number of carbonyl (C=O) groups is 3. The molecule has 0 saturated carbocycles. The van der Waals surface area contributed by atoms with Crippen molar-refractivity contribution in [2.24, 2.45) is 0 Å². The number of ketones is 1. The highest BCUT2D eigenvalue weighted by Crippen LogP contribution is 2.36. The van der Waals surface area contributed by atoms with Crippen molar-refractivity contribution in [1.29, 1.82) is 0 Å². The average Bonchev–Trinajstić information content (AvgIpc) is 3.64. The van der Waals surface area contributed by atoms with E-state index < -0.39 is 12.0 Å². The second-order valence-electron chi connectivity index (χ2n) is 11.6. The van der Waals surface area contributed by atoms with E-state index in [1.165, 1.54) is 25.2 Å². The van der Waals surface area contributed by atoms with Gasteiger partial charge in [-0.1, -0.05) is 31.2 Å². The van der Waals surface area contributed by atoms with Gasteiger partial charge in [-0.3, -0.25) is 14.4 Å². The Morgan fingerprint density at radius 1 is 0.872 bits per heavy atom. The van der Waals surface area contributed by atoms with E-state index in [0.29, 0.717) is 36.5 Å². The Labute approximate surface area is 279 Å². The molecule has 0 aliphatic carbocycles. The number of nitrogens with zero attached hydrogens (tertiary/aromatic N) is 2. The van der Waals surface area contributed by atoms with Gasteiger partial charge in [0.1, 0.15) is 6.79 Å². The van der Waals surface area contributed by atoms with Gasteiger partial charge in [0, 0.05) is 59.1 Å². The van der Waals surface area contributed by atoms with Crippen molar-refractivity contribution in [3.63, 3.8) is 0 Å². The molecule has 0 fully saturated rings. The van der Waals surface area contributed by atoms with Crippen molar-refractivity contribution in [3.05, 3.63) is 88.3 Å². The molecule has 0 radical (unpaired) electrons. The van der Waals surface area contributed by atoms with Crippen molar-refractivity contribution < 1.29 is 28.7 Å². The summed E-state index contributed by atoms with van der Waals surface area (Å²) in [6.07, 6.45) is 1.14. The van der Waals surface area contributed by atoms with E-state index in [-0.39, 0.29) is 18.5 Å². The highest BCUT2D eigenvalue weighted by Gasteiger charge is 2.24. The first-order valence-corrected chi connectivity index (χ1v) is 16.9. The predicted molar refractivity (Wildman–Crippen MR) is 188 cm³/mol. The van der Waals surface area contributed by atoms with Crippen molar-refractivity contribution >= 4 is 66.5 Å². The fourth-order valence-electron chi connectivity index (χ4n) is 6.17. The van der Waals surface area contributed by atoms with Crippen LogP contribution in [0.1, 0.15) is 75.2 Å². The van der Waals surface area contributed by atoms with E-state index in [0.717, 1.165) is 60.2 Å². The summed E-state index contributed by atoms with van der Waals surface area (Å²) in [5.41, 5.74) is 5.81. The standard InChI is InChI=1S/C38H42N2O6S/c1-7-27(22-45-23-44-9-3)31(18-24(4)40(25(5)41)46-26(6)42)28-14-16-34-32(19-28)33-20-30(15-17-35(33)39(34)8-2)38(43)37-21-29-12-10-11-13-36(29)47-37/h10-17,19-21,24H,7-9,18,22-23H2,1-6H3/b31-27+. The summed E-state index contributed by atoms with van der Waals surface area (Å²) >= 11 is 1.51. The van der Waals surface area contributed by atoms with Gasteiger partial charge in [-0.05, 0) is 98.2 Å². The SMILES string of the molecule is CCOCOC/C(CC)=C(\CC(C)N(OC(C)=O)C(C)=O)c1ccc2c(c1)c1cc(C(=O)c3cc4ccccc4s3)ccc1n2CC. The molecular weight excluding hydrogens is 612 g/mol. The number of hydrogen-bond donors (Lipinski definition) is 0. The Bertz CT molecular complexity index is 1940. The normalized spacial score (nSPS) is 12.8. The third-order valence-corrected chi connectivity index (χ3v) is 9.49. The first kappa shape index (κ1) is 34.0. The molecule has 1 atom stereocenters. The lowest BCUT2D eigenvalue weighted by molar-refractivity contribution is -0.202. The minimum absolute atomic E-state index is 0.00516. The number of thiophene rings is 1. The third-order valence-electron chi connectivity index (χ3n) is 8.38. The largest absolute Gasteiger partial charge is 0.356 e. The van der Waals surface area contributed by atoms with Gasteiger partial charge >= 0.3 is 5.97 Å². The molecule has 8 nitrogen and oxygen atoms in total. The zero-order chi connectivity index (χ0) is 33.7. The van der Waals surface area contributed by atoms with Crippen LogP contribution in [0.3, 0.4) is 0 Å². The topological polar surface area (TPSA) is 87.1 Å². The van der Waals surface area contributed by atoms with Gasteiger partial charge in [0.05, 0.1) is 17.5 Å². The van der Waals surface area contributed by atoms with Crippen LogP contribution in [0.4, 0.5) is 0 Å². The number of amides is 1. The third kappa shape index (κ3) is 7.32. The Balaban J connectivity index is 1.62. The van der Waals surface area contributed by atoms with Crippen molar-refractivity contribution in [2.75, 3.05) is 20.0 Å². The van der Waals surface area contributed by atoms with Crippen LogP contribution in [0.15, 0.2) is 72.3 Å². The summed E-state index contributed by atoms with van der Waals surface area (Å²) < 4.78 is 14.7. The molecule has 9 heteroatoms. The number of ether oxygens (including phenoxy) is 2. The molecule has 2 heterocycles. The van der Waals surface area contributed by atoms with Crippen LogP contribution in [-0.2, 0) is 30.4 Å². The van der Waals surface area contributed by atoms with Crippen molar-refractivity contribution in [2.45, 2.75) is 67.0 Å². The first-order valence-electron chi connectivity index (χ1n) is 16.1. The molecule has 0 aliphatic rings. The fourth-order valence-corrected chi connectivity index (χ4v) is 7.19. The summed E-state index contributed by atoms with van der Waals surface area (Å²) in [6, 6.07) is 21.9. The molecule has 0 aliphatic heterocycles. The highest BCUT2D eigenvalue weighted by molar-refractivity contribution is 7.21. The Kier molecular flexibility index (Phi) is 10.9. The minimum Gasteiger partial charge on any atom is -0.356 e. The van der Waals surface area contributed by atoms with Gasteiger partial charge in [0.2, 0.25) is 5.78 Å². The summed E-state index contributed by atoms with van der Waals surface area (Å²) in [4.78, 5) is 44.1. The Morgan fingerprint density at radius 2 is 1.55 bits per heavy atom. The number of aryl methyl sites for hydroxylation is 1. The van der Waals surface area contributed by atoms with E-state index in [1.807, 2.05) is 62.4 Å². The van der Waals surface area contributed by atoms with Crippen LogP contribution in [-0.4, -0.2) is 53.3 Å². The van der Waals surface area contributed by atoms with Gasteiger partial charge in [-0.15, -0.1) is 11.3 Å². The number of carbonyl (C=O) groups excluding carboxylic acids is 3. The minimum atomic E-state index is -0.553. The maximum absolute atomic E-state index is 13.7. The lowest BCUT2D eigenvalue weighted by Gasteiger charge is -2.27. The molecule has 1 unspecified atom stereocenters. The fraction of sp³-hybridized carbons (Fsp3) is 0.342. The Hall–Kier alpha value is -4.31. The summed E-state index contributed by atoms with van der Waals surface area (Å²) in [6.45, 7) is 12.5. The molecule has 0 bridgehead atoms. The number of benzene rings is 3. The molecule has 0 spiro atoms. The smallest absolute Gasteiger partial charge is 0.329 e. The molecular formula is C38H42N2O6S. The first-order chi connectivity index (χ1) is 22.7. The maximum atomic E-state index is 13.7. The van der Waals surface area contributed by atoms with Crippen LogP contribution in [0.5, 0.6) is 0 Å². The van der Waals surface area contributed by atoms with E-state index in [9.17, 15) is 14.4 Å². The van der Waals surface area contributed by atoms with Gasteiger partial charge in [-0.2, -0.15) is 5.06 Å². The maximum Gasteiger partial charge on any atom is 0.329 e. The molecule has 2 aromatic heterocycles. The van der Waals surface area contributed by atoms with Crippen molar-refractivity contribution in [1.82, 2.24) is 9.63 Å². The Morgan fingerprint density at radius 3 is 2.17 bits per heavy atom. The second kappa shape index (κ2) is 15.1. The predicted octanol–water partition coefficient (Wildman–Crippen LogP) is 8.54. The quantitative estimate of drug-likeness (QED) is 0.0547. The van der Waals surface area contributed by atoms with Crippen LogP contribution in [0, 0.1) is 0 Å². The average molecular weight is 655 g/mol.